The molecule has 124 valence electrons. The van der Waals surface area contributed by atoms with Crippen LogP contribution in [0.4, 0.5) is 0 Å². The van der Waals surface area contributed by atoms with Crippen LogP contribution in [0.1, 0.15) is 39.5 Å². The molecule has 2 fully saturated rings. The van der Waals surface area contributed by atoms with Crippen LogP contribution < -0.4 is 5.32 Å². The van der Waals surface area contributed by atoms with Gasteiger partial charge in [0.05, 0.1) is 12.7 Å². The Bertz CT molecular complexity index is 285. The summed E-state index contributed by atoms with van der Waals surface area (Å²) in [6, 6.07) is 0. The molecule has 2 rings (SSSR count). The summed E-state index contributed by atoms with van der Waals surface area (Å²) in [6.07, 6.45) is 5.39. The minimum Gasteiger partial charge on any atom is -0.381 e. The highest BCUT2D eigenvalue weighted by molar-refractivity contribution is 4.88. The Hall–Kier alpha value is -0.160. The van der Waals surface area contributed by atoms with Crippen molar-refractivity contribution in [2.45, 2.75) is 45.6 Å². The van der Waals surface area contributed by atoms with Gasteiger partial charge in [-0.2, -0.15) is 0 Å². The number of nitrogens with one attached hydrogen (secondary N) is 1. The molecule has 4 nitrogen and oxygen atoms in total. The first kappa shape index (κ1) is 17.2. The zero-order valence-electron chi connectivity index (χ0n) is 14.2. The Morgan fingerprint density at radius 2 is 2.14 bits per heavy atom. The van der Waals surface area contributed by atoms with Crippen LogP contribution >= 0.6 is 0 Å². The lowest BCUT2D eigenvalue weighted by Gasteiger charge is -2.35. The molecule has 0 radical (unpaired) electrons. The van der Waals surface area contributed by atoms with Gasteiger partial charge in [0.1, 0.15) is 0 Å². The van der Waals surface area contributed by atoms with Gasteiger partial charge in [-0.3, -0.25) is 0 Å². The van der Waals surface area contributed by atoms with Crippen LogP contribution in [-0.2, 0) is 9.47 Å². The zero-order valence-corrected chi connectivity index (χ0v) is 14.2. The van der Waals surface area contributed by atoms with E-state index in [1.54, 1.807) is 0 Å². The normalized spacial score (nSPS) is 30.4. The Kier molecular flexibility index (Phi) is 6.93. The van der Waals surface area contributed by atoms with E-state index in [0.717, 1.165) is 46.0 Å². The monoisotopic (exact) mass is 298 g/mol. The molecule has 0 aromatic rings. The van der Waals surface area contributed by atoms with Crippen molar-refractivity contribution in [3.05, 3.63) is 0 Å². The molecule has 2 aliphatic rings. The molecule has 21 heavy (non-hydrogen) atoms. The minimum atomic E-state index is 0.290. The van der Waals surface area contributed by atoms with Crippen LogP contribution in [0.15, 0.2) is 0 Å². The van der Waals surface area contributed by atoms with Crippen LogP contribution in [0.3, 0.4) is 0 Å². The molecule has 0 aromatic carbocycles. The van der Waals surface area contributed by atoms with E-state index in [0.29, 0.717) is 12.0 Å². The van der Waals surface area contributed by atoms with Gasteiger partial charge < -0.3 is 19.7 Å². The number of hydrogen-bond acceptors (Lipinski definition) is 4. The van der Waals surface area contributed by atoms with E-state index in [2.05, 4.69) is 31.1 Å². The second-order valence-corrected chi connectivity index (χ2v) is 7.51. The van der Waals surface area contributed by atoms with Crippen LogP contribution in [-0.4, -0.2) is 64.1 Å². The van der Waals surface area contributed by atoms with Crippen molar-refractivity contribution in [3.8, 4) is 0 Å². The molecule has 0 saturated carbocycles. The summed E-state index contributed by atoms with van der Waals surface area (Å²) in [5.74, 6) is 0.706. The Labute approximate surface area is 130 Å². The predicted molar refractivity (Wildman–Crippen MR) is 86.7 cm³/mol. The van der Waals surface area contributed by atoms with E-state index in [4.69, 9.17) is 9.47 Å². The van der Waals surface area contributed by atoms with Gasteiger partial charge in [0.2, 0.25) is 0 Å². The highest BCUT2D eigenvalue weighted by Gasteiger charge is 2.36. The molecule has 1 N–H and O–H groups in total. The molecule has 2 heterocycles. The van der Waals surface area contributed by atoms with E-state index in [1.807, 2.05) is 0 Å². The number of ether oxygens (including phenoxy) is 2. The van der Waals surface area contributed by atoms with Crippen molar-refractivity contribution in [1.82, 2.24) is 10.2 Å². The van der Waals surface area contributed by atoms with Gasteiger partial charge in [-0.05, 0) is 45.2 Å². The quantitative estimate of drug-likeness (QED) is 0.744. The van der Waals surface area contributed by atoms with E-state index in [1.165, 1.54) is 25.7 Å². The van der Waals surface area contributed by atoms with Crippen molar-refractivity contribution in [2.24, 2.45) is 11.3 Å². The maximum absolute atomic E-state index is 5.87. The van der Waals surface area contributed by atoms with E-state index < -0.39 is 0 Å². The van der Waals surface area contributed by atoms with Gasteiger partial charge in [-0.15, -0.1) is 0 Å². The second-order valence-electron chi connectivity index (χ2n) is 7.51. The summed E-state index contributed by atoms with van der Waals surface area (Å²) in [5, 5.41) is 3.64. The molecule has 2 aliphatic heterocycles. The lowest BCUT2D eigenvalue weighted by molar-refractivity contribution is -0.00859. The lowest BCUT2D eigenvalue weighted by atomic mass is 9.86. The average Bonchev–Trinajstić information content (AvgIpc) is 2.87. The molecular formula is C17H34N2O2. The topological polar surface area (TPSA) is 33.7 Å². The highest BCUT2D eigenvalue weighted by Crippen LogP contribution is 2.29. The fourth-order valence-corrected chi connectivity index (χ4v) is 3.53. The van der Waals surface area contributed by atoms with Crippen molar-refractivity contribution in [2.75, 3.05) is 53.0 Å². The fourth-order valence-electron chi connectivity index (χ4n) is 3.53. The standard InChI is InChI=1S/C17H34N2O2/c1-15(2)10-18-12-17(7-9-20-14-17)13-19(3)11-16-6-4-5-8-21-16/h15-16,18H,4-14H2,1-3H3. The number of likely N-dealkylation sites (N-methyl/N-ethyl adjacent to an activating group) is 1. The third kappa shape index (κ3) is 5.85. The lowest BCUT2D eigenvalue weighted by Crippen LogP contribution is -2.46. The van der Waals surface area contributed by atoms with E-state index in [-0.39, 0.29) is 5.41 Å². The summed E-state index contributed by atoms with van der Waals surface area (Å²) in [5.41, 5.74) is 0.290. The molecule has 2 saturated heterocycles. The van der Waals surface area contributed by atoms with Crippen LogP contribution in [0.25, 0.3) is 0 Å². The van der Waals surface area contributed by atoms with Gasteiger partial charge >= 0.3 is 0 Å². The number of hydrogen-bond donors (Lipinski definition) is 1. The first-order valence-corrected chi connectivity index (χ1v) is 8.68. The fraction of sp³-hybridized carbons (Fsp3) is 1.00. The zero-order chi connectivity index (χ0) is 15.1. The van der Waals surface area contributed by atoms with Gasteiger partial charge in [0.15, 0.2) is 0 Å². The number of nitrogens with zero attached hydrogens (tertiary/aromatic N) is 1. The molecule has 0 aromatic heterocycles. The van der Waals surface area contributed by atoms with E-state index in [9.17, 15) is 0 Å². The van der Waals surface area contributed by atoms with Crippen LogP contribution in [0.5, 0.6) is 0 Å². The van der Waals surface area contributed by atoms with Crippen molar-refractivity contribution >= 4 is 0 Å². The third-order valence-electron chi connectivity index (χ3n) is 4.63. The molecule has 2 unspecified atom stereocenters. The molecule has 4 heteroatoms. The SMILES string of the molecule is CC(C)CNCC1(CN(C)CC2CCCCO2)CCOC1. The maximum Gasteiger partial charge on any atom is 0.0701 e. The minimum absolute atomic E-state index is 0.290. The first-order valence-electron chi connectivity index (χ1n) is 8.68. The van der Waals surface area contributed by atoms with Crippen molar-refractivity contribution < 1.29 is 9.47 Å². The first-order chi connectivity index (χ1) is 10.1. The molecular weight excluding hydrogens is 264 g/mol. The molecule has 0 spiro atoms. The Morgan fingerprint density at radius 1 is 1.29 bits per heavy atom. The molecule has 0 bridgehead atoms. The summed E-state index contributed by atoms with van der Waals surface area (Å²) in [4.78, 5) is 2.46. The van der Waals surface area contributed by atoms with Gasteiger partial charge in [0, 0.05) is 38.3 Å². The summed E-state index contributed by atoms with van der Waals surface area (Å²) in [7, 11) is 2.24. The van der Waals surface area contributed by atoms with Crippen LogP contribution in [0, 0.1) is 11.3 Å². The van der Waals surface area contributed by atoms with Crippen molar-refractivity contribution in [1.29, 1.82) is 0 Å². The Morgan fingerprint density at radius 3 is 2.76 bits per heavy atom. The van der Waals surface area contributed by atoms with Crippen molar-refractivity contribution in [3.63, 3.8) is 0 Å². The summed E-state index contributed by atoms with van der Waals surface area (Å²) < 4.78 is 11.6. The number of rotatable bonds is 8. The summed E-state index contributed by atoms with van der Waals surface area (Å²) in [6.45, 7) is 11.6. The highest BCUT2D eigenvalue weighted by atomic mass is 16.5. The average molecular weight is 298 g/mol. The molecule has 2 atom stereocenters. The van der Waals surface area contributed by atoms with Gasteiger partial charge in [0.25, 0.3) is 0 Å². The maximum atomic E-state index is 5.87. The Balaban J connectivity index is 1.77. The predicted octanol–water partition coefficient (Wildman–Crippen LogP) is 2.14. The third-order valence-corrected chi connectivity index (χ3v) is 4.63. The second kappa shape index (κ2) is 8.47. The van der Waals surface area contributed by atoms with Gasteiger partial charge in [-0.1, -0.05) is 13.8 Å². The summed E-state index contributed by atoms with van der Waals surface area (Å²) >= 11 is 0. The largest absolute Gasteiger partial charge is 0.381 e. The molecule has 0 aliphatic carbocycles. The molecule has 0 amide bonds. The van der Waals surface area contributed by atoms with Gasteiger partial charge in [-0.25, -0.2) is 0 Å². The smallest absolute Gasteiger partial charge is 0.0701 e. The van der Waals surface area contributed by atoms with E-state index >= 15 is 0 Å². The van der Waals surface area contributed by atoms with Crippen LogP contribution in [0.2, 0.25) is 0 Å².